The molecule has 1 aromatic heterocycles. The average Bonchev–Trinajstić information content (AvgIpc) is 3.36. The van der Waals surface area contributed by atoms with E-state index in [4.69, 9.17) is 9.73 Å². The molecule has 2 saturated heterocycles. The van der Waals surface area contributed by atoms with Crippen molar-refractivity contribution in [3.63, 3.8) is 0 Å². The quantitative estimate of drug-likeness (QED) is 0.395. The summed E-state index contributed by atoms with van der Waals surface area (Å²) in [5.74, 6) is 0.790. The van der Waals surface area contributed by atoms with E-state index in [1.807, 2.05) is 6.20 Å². The number of likely N-dealkylation sites (tertiary alicyclic amines) is 1. The van der Waals surface area contributed by atoms with E-state index < -0.39 is 0 Å². The molecule has 0 saturated carbocycles. The molecule has 5 nitrogen and oxygen atoms in total. The summed E-state index contributed by atoms with van der Waals surface area (Å²) in [6.07, 6.45) is 5.09. The van der Waals surface area contributed by atoms with Crippen molar-refractivity contribution < 1.29 is 9.13 Å². The third-order valence-corrected chi connectivity index (χ3v) is 5.63. The predicted molar refractivity (Wildman–Crippen MR) is 117 cm³/mol. The number of guanidine groups is 1. The molecule has 7 heteroatoms. The number of H-pyrrole nitrogens is 1. The van der Waals surface area contributed by atoms with Gasteiger partial charge in [0.05, 0.1) is 6.61 Å². The first-order chi connectivity index (χ1) is 12.7. The highest BCUT2D eigenvalue weighted by molar-refractivity contribution is 14.0. The zero-order valence-corrected chi connectivity index (χ0v) is 18.1. The summed E-state index contributed by atoms with van der Waals surface area (Å²) in [5.41, 5.74) is 2.41. The SMILES string of the molecule is CCNC(=NCCc1c[nH]c2ccc(F)cc12)N1CCC2(CCOC2)C1.I. The number of ether oxygens (including phenoxy) is 1. The van der Waals surface area contributed by atoms with Gasteiger partial charge in [-0.3, -0.25) is 4.99 Å². The molecule has 1 unspecified atom stereocenters. The minimum Gasteiger partial charge on any atom is -0.381 e. The molecular weight excluding hydrogens is 458 g/mol. The number of nitrogens with one attached hydrogen (secondary N) is 2. The number of aliphatic imine (C=N–C) groups is 1. The van der Waals surface area contributed by atoms with Crippen LogP contribution in [0.25, 0.3) is 10.9 Å². The van der Waals surface area contributed by atoms with Crippen LogP contribution < -0.4 is 5.32 Å². The van der Waals surface area contributed by atoms with E-state index in [-0.39, 0.29) is 29.8 Å². The number of aromatic amines is 1. The third-order valence-electron chi connectivity index (χ3n) is 5.63. The smallest absolute Gasteiger partial charge is 0.193 e. The molecule has 0 amide bonds. The van der Waals surface area contributed by atoms with Gasteiger partial charge in [0, 0.05) is 55.3 Å². The van der Waals surface area contributed by atoms with Crippen molar-refractivity contribution in [2.24, 2.45) is 10.4 Å². The van der Waals surface area contributed by atoms with Crippen LogP contribution in [-0.2, 0) is 11.2 Å². The Labute approximate surface area is 176 Å². The molecule has 0 radical (unpaired) electrons. The summed E-state index contributed by atoms with van der Waals surface area (Å²) in [4.78, 5) is 10.4. The van der Waals surface area contributed by atoms with Crippen LogP contribution in [0.1, 0.15) is 25.3 Å². The summed E-state index contributed by atoms with van der Waals surface area (Å²) < 4.78 is 19.2. The Kier molecular flexibility index (Phi) is 6.62. The Balaban J connectivity index is 0.00000210. The van der Waals surface area contributed by atoms with Gasteiger partial charge >= 0.3 is 0 Å². The Bertz CT molecular complexity index is 800. The van der Waals surface area contributed by atoms with Crippen molar-refractivity contribution in [1.29, 1.82) is 0 Å². The van der Waals surface area contributed by atoms with Crippen molar-refractivity contribution in [2.45, 2.75) is 26.2 Å². The molecule has 1 atom stereocenters. The summed E-state index contributed by atoms with van der Waals surface area (Å²) in [7, 11) is 0. The van der Waals surface area contributed by atoms with Crippen molar-refractivity contribution in [2.75, 3.05) is 39.4 Å². The maximum absolute atomic E-state index is 13.5. The Hall–Kier alpha value is -1.35. The minimum absolute atomic E-state index is 0. The fraction of sp³-hybridized carbons (Fsp3) is 0.550. The van der Waals surface area contributed by atoms with Crippen molar-refractivity contribution in [1.82, 2.24) is 15.2 Å². The summed E-state index contributed by atoms with van der Waals surface area (Å²) in [5, 5.41) is 4.38. The standard InChI is InChI=1S/C20H27FN4O.HI/c1-2-22-19(25-9-6-20(13-25)7-10-26-14-20)23-8-5-15-12-24-18-4-3-16(21)11-17(15)18;/h3-4,11-12,24H,2,5-10,13-14H2,1H3,(H,22,23);1H. The lowest BCUT2D eigenvalue weighted by molar-refractivity contribution is 0.156. The molecule has 0 bridgehead atoms. The van der Waals surface area contributed by atoms with Gasteiger partial charge in [-0.05, 0) is 49.9 Å². The Morgan fingerprint density at radius 2 is 2.30 bits per heavy atom. The Morgan fingerprint density at radius 3 is 3.07 bits per heavy atom. The molecular formula is C20H28FIN4O. The first-order valence-electron chi connectivity index (χ1n) is 9.56. The van der Waals surface area contributed by atoms with Gasteiger partial charge in [-0.1, -0.05) is 0 Å². The normalized spacial score (nSPS) is 22.6. The van der Waals surface area contributed by atoms with E-state index in [2.05, 4.69) is 22.1 Å². The topological polar surface area (TPSA) is 52.7 Å². The molecule has 1 aromatic carbocycles. The highest BCUT2D eigenvalue weighted by Gasteiger charge is 2.42. The maximum Gasteiger partial charge on any atom is 0.193 e. The number of fused-ring (bicyclic) bond motifs is 1. The highest BCUT2D eigenvalue weighted by atomic mass is 127. The van der Waals surface area contributed by atoms with Gasteiger partial charge in [0.1, 0.15) is 5.82 Å². The van der Waals surface area contributed by atoms with Crippen LogP contribution in [-0.4, -0.2) is 55.2 Å². The number of nitrogens with zero attached hydrogens (tertiary/aromatic N) is 2. The van der Waals surface area contributed by atoms with Crippen LogP contribution in [0.3, 0.4) is 0 Å². The van der Waals surface area contributed by atoms with Crippen LogP contribution in [0.5, 0.6) is 0 Å². The first kappa shape index (κ1) is 20.4. The van der Waals surface area contributed by atoms with E-state index in [1.165, 1.54) is 12.5 Å². The molecule has 2 aliphatic heterocycles. The second-order valence-electron chi connectivity index (χ2n) is 7.46. The van der Waals surface area contributed by atoms with Gasteiger partial charge in [0.2, 0.25) is 0 Å². The molecule has 2 aliphatic rings. The van der Waals surface area contributed by atoms with E-state index in [0.29, 0.717) is 12.0 Å². The molecule has 2 aromatic rings. The number of aromatic nitrogens is 1. The van der Waals surface area contributed by atoms with Gasteiger partial charge in [0.25, 0.3) is 0 Å². The predicted octanol–water partition coefficient (Wildman–Crippen LogP) is 3.55. The molecule has 3 heterocycles. The fourth-order valence-electron chi connectivity index (χ4n) is 4.15. The van der Waals surface area contributed by atoms with Crippen LogP contribution in [0.15, 0.2) is 29.4 Å². The van der Waals surface area contributed by atoms with Gasteiger partial charge in [-0.15, -0.1) is 24.0 Å². The summed E-state index contributed by atoms with van der Waals surface area (Å²) in [6, 6.07) is 4.87. The number of benzene rings is 1. The third kappa shape index (κ3) is 4.39. The molecule has 2 fully saturated rings. The fourth-order valence-corrected chi connectivity index (χ4v) is 4.15. The lowest BCUT2D eigenvalue weighted by Crippen LogP contribution is -2.41. The van der Waals surface area contributed by atoms with Crippen LogP contribution in [0, 0.1) is 11.2 Å². The summed E-state index contributed by atoms with van der Waals surface area (Å²) >= 11 is 0. The molecule has 27 heavy (non-hydrogen) atoms. The molecule has 2 N–H and O–H groups in total. The van der Waals surface area contributed by atoms with E-state index >= 15 is 0 Å². The van der Waals surface area contributed by atoms with E-state index in [1.54, 1.807) is 12.1 Å². The van der Waals surface area contributed by atoms with Gasteiger partial charge < -0.3 is 19.9 Å². The maximum atomic E-state index is 13.5. The molecule has 4 rings (SSSR count). The lowest BCUT2D eigenvalue weighted by atomic mass is 9.87. The van der Waals surface area contributed by atoms with Gasteiger partial charge in [-0.25, -0.2) is 4.39 Å². The van der Waals surface area contributed by atoms with Gasteiger partial charge in [0.15, 0.2) is 5.96 Å². The number of hydrogen-bond acceptors (Lipinski definition) is 2. The van der Waals surface area contributed by atoms with Crippen LogP contribution in [0.4, 0.5) is 4.39 Å². The van der Waals surface area contributed by atoms with E-state index in [0.717, 1.165) is 68.1 Å². The zero-order valence-electron chi connectivity index (χ0n) is 15.8. The highest BCUT2D eigenvalue weighted by Crippen LogP contribution is 2.38. The number of hydrogen-bond donors (Lipinski definition) is 2. The molecule has 0 aliphatic carbocycles. The Morgan fingerprint density at radius 1 is 1.41 bits per heavy atom. The van der Waals surface area contributed by atoms with Crippen molar-refractivity contribution in [3.05, 3.63) is 35.8 Å². The van der Waals surface area contributed by atoms with Crippen LogP contribution >= 0.6 is 24.0 Å². The second-order valence-corrected chi connectivity index (χ2v) is 7.46. The number of rotatable bonds is 4. The largest absolute Gasteiger partial charge is 0.381 e. The van der Waals surface area contributed by atoms with Gasteiger partial charge in [-0.2, -0.15) is 0 Å². The van der Waals surface area contributed by atoms with E-state index in [9.17, 15) is 4.39 Å². The molecule has 1 spiro atoms. The van der Waals surface area contributed by atoms with Crippen LogP contribution in [0.2, 0.25) is 0 Å². The minimum atomic E-state index is -0.198. The number of halogens is 2. The summed E-state index contributed by atoms with van der Waals surface area (Å²) in [6.45, 7) is 7.47. The zero-order chi connectivity index (χ0) is 18.0. The van der Waals surface area contributed by atoms with Crippen molar-refractivity contribution >= 4 is 40.8 Å². The second kappa shape index (κ2) is 8.77. The lowest BCUT2D eigenvalue weighted by Gasteiger charge is -2.25. The monoisotopic (exact) mass is 486 g/mol. The first-order valence-corrected chi connectivity index (χ1v) is 9.56. The molecule has 148 valence electrons. The van der Waals surface area contributed by atoms with Crippen molar-refractivity contribution in [3.8, 4) is 0 Å². The average molecular weight is 486 g/mol.